The van der Waals surface area contributed by atoms with Gasteiger partial charge in [0, 0.05) is 17.3 Å². The molecule has 2 aliphatic heterocycles. The second-order valence-electron chi connectivity index (χ2n) is 9.69. The number of amidine groups is 2. The summed E-state index contributed by atoms with van der Waals surface area (Å²) in [4.78, 5) is 23.4. The summed E-state index contributed by atoms with van der Waals surface area (Å²) in [6.07, 6.45) is 0. The first kappa shape index (κ1) is 24.7. The molecule has 0 radical (unpaired) electrons. The zero-order valence-electron chi connectivity index (χ0n) is 21.8. The van der Waals surface area contributed by atoms with Crippen molar-refractivity contribution >= 4 is 51.8 Å². The fourth-order valence-corrected chi connectivity index (χ4v) is 5.55. The highest BCUT2D eigenvalue weighted by atomic mass is 35.5. The number of hydrogen-bond acceptors (Lipinski definition) is 7. The third kappa shape index (κ3) is 4.14. The standard InChI is InChI=1S/C31H22ClN7O2/c1-19-27-28(20-10-4-2-5-11-20)37-25-15-9-8-14-24(25)34-29(33-21-16-17-23(32)26(18-21)39(40)41)31(37)35-30(27)38(36-19)22-12-6-3-7-13-22/h2-18,28H,1H3,(H,33,34). The van der Waals surface area contributed by atoms with Crippen LogP contribution >= 0.6 is 11.6 Å². The molecule has 10 heteroatoms. The van der Waals surface area contributed by atoms with Crippen LogP contribution in [0.25, 0.3) is 5.69 Å². The van der Waals surface area contributed by atoms with Gasteiger partial charge < -0.3 is 10.2 Å². The molecule has 3 heterocycles. The molecular formula is C31H22ClN7O2. The van der Waals surface area contributed by atoms with Crippen molar-refractivity contribution in [1.29, 1.82) is 0 Å². The highest BCUT2D eigenvalue weighted by Gasteiger charge is 2.41. The minimum atomic E-state index is -0.505. The number of nitrogens with one attached hydrogen (secondary N) is 1. The van der Waals surface area contributed by atoms with Crippen LogP contribution in [0, 0.1) is 17.0 Å². The Balaban J connectivity index is 1.47. The van der Waals surface area contributed by atoms with Crippen molar-refractivity contribution in [2.75, 3.05) is 10.2 Å². The quantitative estimate of drug-likeness (QED) is 0.181. The number of para-hydroxylation sites is 3. The number of nitrogens with zero attached hydrogens (tertiary/aromatic N) is 6. The Morgan fingerprint density at radius 2 is 1.61 bits per heavy atom. The van der Waals surface area contributed by atoms with E-state index in [4.69, 9.17) is 26.7 Å². The number of nitro benzene ring substituents is 1. The van der Waals surface area contributed by atoms with Gasteiger partial charge in [0.15, 0.2) is 17.5 Å². The summed E-state index contributed by atoms with van der Waals surface area (Å²) in [5.74, 6) is 1.72. The van der Waals surface area contributed by atoms with E-state index in [0.29, 0.717) is 23.2 Å². The SMILES string of the molecule is Cc1nn(-c2ccccc2)c2c1C(c1ccccc1)N1C(=N2)C(Nc2ccc(Cl)c([N+](=O)[O-])c2)=Nc2ccccc21. The van der Waals surface area contributed by atoms with Gasteiger partial charge in [0.2, 0.25) is 0 Å². The van der Waals surface area contributed by atoms with Crippen LogP contribution in [-0.2, 0) is 0 Å². The number of aliphatic imine (C=N–C) groups is 2. The number of aryl methyl sites for hydroxylation is 1. The predicted molar refractivity (Wildman–Crippen MR) is 161 cm³/mol. The highest BCUT2D eigenvalue weighted by Crippen LogP contribution is 2.48. The smallest absolute Gasteiger partial charge is 0.289 e. The molecule has 0 spiro atoms. The van der Waals surface area contributed by atoms with Crippen LogP contribution in [0.5, 0.6) is 0 Å². The molecule has 7 rings (SSSR count). The Morgan fingerprint density at radius 1 is 0.902 bits per heavy atom. The van der Waals surface area contributed by atoms with E-state index in [2.05, 4.69) is 22.3 Å². The number of anilines is 2. The molecule has 0 amide bonds. The van der Waals surface area contributed by atoms with E-state index in [9.17, 15) is 10.1 Å². The van der Waals surface area contributed by atoms with Crippen molar-refractivity contribution in [3.05, 3.63) is 135 Å². The van der Waals surface area contributed by atoms with Gasteiger partial charge in [-0.2, -0.15) is 5.10 Å². The summed E-state index contributed by atoms with van der Waals surface area (Å²) in [6, 6.07) is 32.3. The van der Waals surface area contributed by atoms with Crippen LogP contribution in [0.4, 0.5) is 28.6 Å². The van der Waals surface area contributed by atoms with Gasteiger partial charge in [0.25, 0.3) is 5.69 Å². The Morgan fingerprint density at radius 3 is 2.37 bits per heavy atom. The lowest BCUT2D eigenvalue weighted by Crippen LogP contribution is -2.46. The number of aromatic nitrogens is 2. The van der Waals surface area contributed by atoms with Crippen LogP contribution in [-0.4, -0.2) is 26.4 Å². The van der Waals surface area contributed by atoms with Crippen molar-refractivity contribution < 1.29 is 4.92 Å². The number of nitro groups is 1. The number of hydrogen-bond donors (Lipinski definition) is 1. The van der Waals surface area contributed by atoms with E-state index in [-0.39, 0.29) is 16.8 Å². The first-order chi connectivity index (χ1) is 20.0. The van der Waals surface area contributed by atoms with Gasteiger partial charge in [-0.05, 0) is 48.9 Å². The molecule has 4 aromatic carbocycles. The third-order valence-corrected chi connectivity index (χ3v) is 7.48. The molecule has 200 valence electrons. The minimum Gasteiger partial charge on any atom is -0.337 e. The van der Waals surface area contributed by atoms with E-state index >= 15 is 0 Å². The van der Waals surface area contributed by atoms with Gasteiger partial charge in [-0.1, -0.05) is 72.3 Å². The second-order valence-corrected chi connectivity index (χ2v) is 10.1. The number of rotatable bonds is 4. The molecular weight excluding hydrogens is 538 g/mol. The molecule has 9 nitrogen and oxygen atoms in total. The zero-order chi connectivity index (χ0) is 28.1. The average Bonchev–Trinajstić information content (AvgIpc) is 3.33. The van der Waals surface area contributed by atoms with Crippen molar-refractivity contribution in [2.24, 2.45) is 9.98 Å². The number of halogens is 1. The topological polar surface area (TPSA) is 101 Å². The molecule has 1 aromatic heterocycles. The molecule has 1 unspecified atom stereocenters. The predicted octanol–water partition coefficient (Wildman–Crippen LogP) is 7.54. The van der Waals surface area contributed by atoms with Crippen LogP contribution in [0.1, 0.15) is 22.9 Å². The fraction of sp³-hybridized carbons (Fsp3) is 0.0645. The summed E-state index contributed by atoms with van der Waals surface area (Å²) < 4.78 is 1.86. The summed E-state index contributed by atoms with van der Waals surface area (Å²) in [5, 5.41) is 19.9. The molecule has 0 saturated heterocycles. The molecule has 0 bridgehead atoms. The Labute approximate surface area is 240 Å². The van der Waals surface area contributed by atoms with Crippen LogP contribution < -0.4 is 10.2 Å². The van der Waals surface area contributed by atoms with Crippen LogP contribution in [0.3, 0.4) is 0 Å². The lowest BCUT2D eigenvalue weighted by atomic mass is 9.93. The molecule has 41 heavy (non-hydrogen) atoms. The highest BCUT2D eigenvalue weighted by molar-refractivity contribution is 6.51. The fourth-order valence-electron chi connectivity index (χ4n) is 5.36. The van der Waals surface area contributed by atoms with Crippen molar-refractivity contribution in [2.45, 2.75) is 13.0 Å². The van der Waals surface area contributed by atoms with Gasteiger partial charge >= 0.3 is 0 Å². The summed E-state index contributed by atoms with van der Waals surface area (Å²) >= 11 is 6.09. The number of fused-ring (bicyclic) bond motifs is 4. The van der Waals surface area contributed by atoms with E-state index < -0.39 is 4.92 Å². The van der Waals surface area contributed by atoms with Gasteiger partial charge in [0.1, 0.15) is 5.02 Å². The molecule has 2 aliphatic rings. The van der Waals surface area contributed by atoms with Crippen LogP contribution in [0.2, 0.25) is 5.02 Å². The summed E-state index contributed by atoms with van der Waals surface area (Å²) in [6.45, 7) is 2.00. The van der Waals surface area contributed by atoms with Gasteiger partial charge in [-0.3, -0.25) is 10.1 Å². The maximum atomic E-state index is 11.6. The van der Waals surface area contributed by atoms with E-state index in [1.165, 1.54) is 12.1 Å². The van der Waals surface area contributed by atoms with Crippen molar-refractivity contribution in [1.82, 2.24) is 9.78 Å². The minimum absolute atomic E-state index is 0.0594. The lowest BCUT2D eigenvalue weighted by molar-refractivity contribution is -0.384. The van der Waals surface area contributed by atoms with E-state index in [0.717, 1.165) is 33.9 Å². The molecule has 5 aromatic rings. The Bertz CT molecular complexity index is 1880. The van der Waals surface area contributed by atoms with E-state index in [1.807, 2.05) is 84.4 Å². The largest absolute Gasteiger partial charge is 0.337 e. The van der Waals surface area contributed by atoms with Crippen molar-refractivity contribution in [3.63, 3.8) is 0 Å². The first-order valence-corrected chi connectivity index (χ1v) is 13.3. The van der Waals surface area contributed by atoms with Gasteiger partial charge in [0.05, 0.1) is 33.7 Å². The third-order valence-electron chi connectivity index (χ3n) is 7.16. The Hall–Kier alpha value is -5.28. The molecule has 1 N–H and O–H groups in total. The van der Waals surface area contributed by atoms with Gasteiger partial charge in [-0.25, -0.2) is 14.7 Å². The van der Waals surface area contributed by atoms with Crippen LogP contribution in [0.15, 0.2) is 113 Å². The maximum Gasteiger partial charge on any atom is 0.289 e. The average molecular weight is 560 g/mol. The van der Waals surface area contributed by atoms with E-state index in [1.54, 1.807) is 6.07 Å². The second kappa shape index (κ2) is 9.72. The maximum absolute atomic E-state index is 11.6. The monoisotopic (exact) mass is 559 g/mol. The first-order valence-electron chi connectivity index (χ1n) is 13.0. The lowest BCUT2D eigenvalue weighted by Gasteiger charge is -2.40. The molecule has 0 fully saturated rings. The molecule has 1 atom stereocenters. The van der Waals surface area contributed by atoms with Crippen molar-refractivity contribution in [3.8, 4) is 5.69 Å². The summed E-state index contributed by atoms with van der Waals surface area (Å²) in [7, 11) is 0. The van der Waals surface area contributed by atoms with Gasteiger partial charge in [-0.15, -0.1) is 0 Å². The normalized spacial score (nSPS) is 15.3. The Kier molecular flexibility index (Phi) is 5.87. The zero-order valence-corrected chi connectivity index (χ0v) is 22.5. The number of benzene rings is 4. The summed E-state index contributed by atoms with van der Waals surface area (Å²) in [5.41, 5.74) is 5.72. The molecule has 0 aliphatic carbocycles. The molecule has 0 saturated carbocycles.